The summed E-state index contributed by atoms with van der Waals surface area (Å²) in [7, 11) is 0. The number of nitrogens with one attached hydrogen (secondary N) is 1. The molecule has 0 saturated heterocycles. The fraction of sp³-hybridized carbons (Fsp3) is 0.900. The fourth-order valence-corrected chi connectivity index (χ4v) is 1.31. The van der Waals surface area contributed by atoms with Crippen LogP contribution in [0.15, 0.2) is 0 Å². The summed E-state index contributed by atoms with van der Waals surface area (Å²) in [6, 6.07) is 0.0741. The fourth-order valence-electron chi connectivity index (χ4n) is 1.31. The molecule has 0 saturated carbocycles. The predicted octanol–water partition coefficient (Wildman–Crippen LogP) is 1.99. The molecule has 72 valence electrons. The Morgan fingerprint density at radius 1 is 1.33 bits per heavy atom. The summed E-state index contributed by atoms with van der Waals surface area (Å²) < 4.78 is 0. The average Bonchev–Trinajstić information content (AvgIpc) is 2.11. The zero-order chi connectivity index (χ0) is 9.56. The van der Waals surface area contributed by atoms with Gasteiger partial charge in [0.05, 0.1) is 6.04 Å². The first kappa shape index (κ1) is 11.6. The van der Waals surface area contributed by atoms with Crippen molar-refractivity contribution in [2.24, 2.45) is 5.92 Å². The summed E-state index contributed by atoms with van der Waals surface area (Å²) in [4.78, 5) is 11.4. The molecule has 0 bridgehead atoms. The number of carbonyl (C=O) groups is 1. The summed E-state index contributed by atoms with van der Waals surface area (Å²) in [5.41, 5.74) is 0. The van der Waals surface area contributed by atoms with Crippen LogP contribution in [0.3, 0.4) is 0 Å². The van der Waals surface area contributed by atoms with Gasteiger partial charge in [-0.3, -0.25) is 4.79 Å². The quantitative estimate of drug-likeness (QED) is 0.662. The summed E-state index contributed by atoms with van der Waals surface area (Å²) in [6.45, 7) is 9.09. The third kappa shape index (κ3) is 3.35. The van der Waals surface area contributed by atoms with E-state index in [9.17, 15) is 4.79 Å². The largest absolute Gasteiger partial charge is 0.308 e. The van der Waals surface area contributed by atoms with E-state index in [-0.39, 0.29) is 6.04 Å². The molecule has 12 heavy (non-hydrogen) atoms. The van der Waals surface area contributed by atoms with Crippen LogP contribution in [0.5, 0.6) is 0 Å². The van der Waals surface area contributed by atoms with Crippen molar-refractivity contribution in [3.8, 4) is 0 Å². The molecule has 1 N–H and O–H groups in total. The van der Waals surface area contributed by atoms with Gasteiger partial charge in [0.2, 0.25) is 0 Å². The Morgan fingerprint density at radius 3 is 2.25 bits per heavy atom. The summed E-state index contributed by atoms with van der Waals surface area (Å²) in [5.74, 6) is 0.795. The van der Waals surface area contributed by atoms with Crippen LogP contribution in [0, 0.1) is 5.92 Å². The first-order valence-corrected chi connectivity index (χ1v) is 4.93. The standard InChI is InChI=1S/C10H21NO/c1-5-8(4)10(11-7-3)9(12)6-2/h8,10-11H,5-7H2,1-4H3. The third-order valence-corrected chi connectivity index (χ3v) is 2.33. The minimum absolute atomic E-state index is 0.0741. The lowest BCUT2D eigenvalue weighted by Crippen LogP contribution is -2.41. The van der Waals surface area contributed by atoms with Crippen LogP contribution in [0.1, 0.15) is 40.5 Å². The van der Waals surface area contributed by atoms with Gasteiger partial charge >= 0.3 is 0 Å². The molecule has 0 aliphatic carbocycles. The highest BCUT2D eigenvalue weighted by atomic mass is 16.1. The van der Waals surface area contributed by atoms with Crippen molar-refractivity contribution in [1.29, 1.82) is 0 Å². The second kappa shape index (κ2) is 6.18. The summed E-state index contributed by atoms with van der Waals surface area (Å²) in [6.07, 6.45) is 1.70. The van der Waals surface area contributed by atoms with Crippen molar-refractivity contribution in [1.82, 2.24) is 5.32 Å². The maximum Gasteiger partial charge on any atom is 0.149 e. The Labute approximate surface area is 75.7 Å². The topological polar surface area (TPSA) is 29.1 Å². The molecule has 0 spiro atoms. The maximum atomic E-state index is 11.4. The van der Waals surface area contributed by atoms with Crippen molar-refractivity contribution >= 4 is 5.78 Å². The Morgan fingerprint density at radius 2 is 1.92 bits per heavy atom. The van der Waals surface area contributed by atoms with E-state index in [1.54, 1.807) is 0 Å². The highest BCUT2D eigenvalue weighted by Crippen LogP contribution is 2.09. The number of likely N-dealkylation sites (N-methyl/N-ethyl adjacent to an activating group) is 1. The second-order valence-electron chi connectivity index (χ2n) is 3.24. The Bertz CT molecular complexity index is 134. The van der Waals surface area contributed by atoms with Gasteiger partial charge in [-0.1, -0.05) is 34.1 Å². The van der Waals surface area contributed by atoms with Crippen molar-refractivity contribution in [2.45, 2.75) is 46.6 Å². The van der Waals surface area contributed by atoms with E-state index in [1.807, 2.05) is 13.8 Å². The molecule has 0 aliphatic heterocycles. The molecule has 0 aromatic carbocycles. The third-order valence-electron chi connectivity index (χ3n) is 2.33. The van der Waals surface area contributed by atoms with Crippen molar-refractivity contribution in [2.75, 3.05) is 6.54 Å². The van der Waals surface area contributed by atoms with Gasteiger partial charge < -0.3 is 5.32 Å². The highest BCUT2D eigenvalue weighted by Gasteiger charge is 2.20. The lowest BCUT2D eigenvalue weighted by molar-refractivity contribution is -0.121. The smallest absolute Gasteiger partial charge is 0.149 e. The number of hydrogen-bond acceptors (Lipinski definition) is 2. The Hall–Kier alpha value is -0.370. The molecule has 0 heterocycles. The first-order valence-electron chi connectivity index (χ1n) is 4.93. The van der Waals surface area contributed by atoms with Gasteiger partial charge in [0, 0.05) is 6.42 Å². The molecule has 0 amide bonds. The van der Waals surface area contributed by atoms with Gasteiger partial charge in [-0.15, -0.1) is 0 Å². The van der Waals surface area contributed by atoms with Crippen molar-refractivity contribution < 1.29 is 4.79 Å². The van der Waals surface area contributed by atoms with E-state index < -0.39 is 0 Å². The van der Waals surface area contributed by atoms with Gasteiger partial charge in [-0.2, -0.15) is 0 Å². The monoisotopic (exact) mass is 171 g/mol. The number of Topliss-reactive ketones (excluding diaryl/α,β-unsaturated/α-hetero) is 1. The van der Waals surface area contributed by atoms with Crippen molar-refractivity contribution in [3.05, 3.63) is 0 Å². The van der Waals surface area contributed by atoms with E-state index in [0.717, 1.165) is 13.0 Å². The molecule has 0 aromatic heterocycles. The van der Waals surface area contributed by atoms with Gasteiger partial charge in [0.25, 0.3) is 0 Å². The molecule has 2 heteroatoms. The summed E-state index contributed by atoms with van der Waals surface area (Å²) in [5, 5.41) is 3.23. The van der Waals surface area contributed by atoms with Crippen molar-refractivity contribution in [3.63, 3.8) is 0 Å². The lowest BCUT2D eigenvalue weighted by atomic mass is 9.94. The van der Waals surface area contributed by atoms with Crippen LogP contribution in [-0.4, -0.2) is 18.4 Å². The zero-order valence-electron chi connectivity index (χ0n) is 8.68. The molecule has 0 aromatic rings. The van der Waals surface area contributed by atoms with Crippen LogP contribution in [-0.2, 0) is 4.79 Å². The first-order chi connectivity index (χ1) is 5.67. The van der Waals surface area contributed by atoms with E-state index in [2.05, 4.69) is 19.2 Å². The highest BCUT2D eigenvalue weighted by molar-refractivity contribution is 5.83. The molecule has 0 fully saturated rings. The minimum Gasteiger partial charge on any atom is -0.308 e. The molecule has 0 aliphatic rings. The van der Waals surface area contributed by atoms with Gasteiger partial charge in [-0.05, 0) is 12.5 Å². The van der Waals surface area contributed by atoms with Gasteiger partial charge in [0.15, 0.2) is 0 Å². The van der Waals surface area contributed by atoms with Gasteiger partial charge in [0.1, 0.15) is 5.78 Å². The van der Waals surface area contributed by atoms with E-state index in [4.69, 9.17) is 0 Å². The number of ketones is 1. The predicted molar refractivity (Wildman–Crippen MR) is 52.2 cm³/mol. The SMILES string of the molecule is CCNC(C(=O)CC)C(C)CC. The van der Waals surface area contributed by atoms with E-state index in [0.29, 0.717) is 18.1 Å². The Kier molecular flexibility index (Phi) is 5.99. The molecule has 0 rings (SSSR count). The van der Waals surface area contributed by atoms with Crippen LogP contribution in [0.4, 0.5) is 0 Å². The lowest BCUT2D eigenvalue weighted by Gasteiger charge is -2.21. The molecular formula is C10H21NO. The Balaban J connectivity index is 4.11. The normalized spacial score (nSPS) is 15.7. The molecule has 0 radical (unpaired) electrons. The van der Waals surface area contributed by atoms with Crippen LogP contribution >= 0.6 is 0 Å². The molecular weight excluding hydrogens is 150 g/mol. The summed E-state index contributed by atoms with van der Waals surface area (Å²) >= 11 is 0. The number of rotatable bonds is 6. The minimum atomic E-state index is 0.0741. The maximum absolute atomic E-state index is 11.4. The van der Waals surface area contributed by atoms with Crippen LogP contribution in [0.2, 0.25) is 0 Å². The average molecular weight is 171 g/mol. The van der Waals surface area contributed by atoms with E-state index >= 15 is 0 Å². The molecule has 2 nitrogen and oxygen atoms in total. The number of carbonyl (C=O) groups excluding carboxylic acids is 1. The molecule has 2 unspecified atom stereocenters. The second-order valence-corrected chi connectivity index (χ2v) is 3.24. The van der Waals surface area contributed by atoms with E-state index in [1.165, 1.54) is 0 Å². The number of hydrogen-bond donors (Lipinski definition) is 1. The van der Waals surface area contributed by atoms with Gasteiger partial charge in [-0.25, -0.2) is 0 Å². The van der Waals surface area contributed by atoms with Crippen LogP contribution < -0.4 is 5.32 Å². The molecule has 2 atom stereocenters. The van der Waals surface area contributed by atoms with Crippen LogP contribution in [0.25, 0.3) is 0 Å². The zero-order valence-corrected chi connectivity index (χ0v) is 8.68.